The number of fused-ring (bicyclic) bond motifs is 2. The zero-order valence-corrected chi connectivity index (χ0v) is 10.3. The molecule has 3 rings (SSSR count). The van der Waals surface area contributed by atoms with Crippen molar-refractivity contribution in [3.05, 3.63) is 29.1 Å². The molecule has 0 saturated carbocycles. The summed E-state index contributed by atoms with van der Waals surface area (Å²) in [4.78, 5) is 4.66. The summed E-state index contributed by atoms with van der Waals surface area (Å²) in [5, 5.41) is 0. The molecule has 0 radical (unpaired) electrons. The van der Waals surface area contributed by atoms with Crippen molar-refractivity contribution in [2.45, 2.75) is 44.4 Å². The third-order valence-electron chi connectivity index (χ3n) is 4.53. The molecule has 1 atom stereocenters. The summed E-state index contributed by atoms with van der Waals surface area (Å²) in [5.41, 5.74) is 4.77. The van der Waals surface area contributed by atoms with Crippen LogP contribution in [0.15, 0.2) is 12.3 Å². The van der Waals surface area contributed by atoms with Gasteiger partial charge in [0.25, 0.3) is 0 Å². The first-order valence-corrected chi connectivity index (χ1v) is 6.16. The molecule has 2 aliphatic rings. The summed E-state index contributed by atoms with van der Waals surface area (Å²) in [6, 6.07) is 2.14. The quantitative estimate of drug-likeness (QED) is 0.721. The molecular formula is C14H19NO. The van der Waals surface area contributed by atoms with E-state index in [1.807, 2.05) is 6.20 Å². The second kappa shape index (κ2) is 3.07. The highest BCUT2D eigenvalue weighted by Gasteiger charge is 2.54. The number of aromatic nitrogens is 1. The molecule has 1 fully saturated rings. The van der Waals surface area contributed by atoms with Crippen LogP contribution in [-0.2, 0) is 15.6 Å². The van der Waals surface area contributed by atoms with Crippen LogP contribution in [0.2, 0.25) is 0 Å². The summed E-state index contributed by atoms with van der Waals surface area (Å²) < 4.78 is 5.45. The normalized spacial score (nSPS) is 30.2. The Morgan fingerprint density at radius 2 is 2.19 bits per heavy atom. The van der Waals surface area contributed by atoms with Crippen molar-refractivity contribution in [3.8, 4) is 0 Å². The zero-order valence-electron chi connectivity index (χ0n) is 10.3. The van der Waals surface area contributed by atoms with Gasteiger partial charge < -0.3 is 4.74 Å². The lowest BCUT2D eigenvalue weighted by Gasteiger charge is -2.39. The molecule has 1 saturated heterocycles. The number of pyridine rings is 1. The Morgan fingerprint density at radius 1 is 1.44 bits per heavy atom. The number of hydrogen-bond donors (Lipinski definition) is 0. The van der Waals surface area contributed by atoms with Gasteiger partial charge >= 0.3 is 0 Å². The first-order valence-electron chi connectivity index (χ1n) is 6.16. The minimum absolute atomic E-state index is 0.242. The molecule has 1 aromatic heterocycles. The molecule has 16 heavy (non-hydrogen) atoms. The molecule has 0 amide bonds. The summed E-state index contributed by atoms with van der Waals surface area (Å²) in [6.45, 7) is 8.62. The zero-order chi connectivity index (χ0) is 11.4. The van der Waals surface area contributed by atoms with E-state index in [4.69, 9.17) is 4.74 Å². The number of rotatable bonds is 1. The van der Waals surface area contributed by atoms with Crippen LogP contribution in [0.3, 0.4) is 0 Å². The van der Waals surface area contributed by atoms with Crippen molar-refractivity contribution in [2.24, 2.45) is 0 Å². The molecule has 2 nitrogen and oxygen atoms in total. The summed E-state index contributed by atoms with van der Waals surface area (Å²) in [6.07, 6.45) is 4.35. The van der Waals surface area contributed by atoms with Gasteiger partial charge in [-0.05, 0) is 42.4 Å². The molecule has 2 heterocycles. The molecule has 1 aliphatic heterocycles. The van der Waals surface area contributed by atoms with Crippen molar-refractivity contribution >= 4 is 0 Å². The van der Waals surface area contributed by atoms with E-state index in [9.17, 15) is 0 Å². The molecule has 1 unspecified atom stereocenters. The minimum atomic E-state index is 0.242. The van der Waals surface area contributed by atoms with Gasteiger partial charge in [0.15, 0.2) is 0 Å². The van der Waals surface area contributed by atoms with E-state index < -0.39 is 0 Å². The fourth-order valence-electron chi connectivity index (χ4n) is 3.53. The molecule has 86 valence electrons. The maximum atomic E-state index is 5.45. The highest BCUT2D eigenvalue weighted by molar-refractivity contribution is 5.47. The van der Waals surface area contributed by atoms with E-state index in [0.29, 0.717) is 5.41 Å². The van der Waals surface area contributed by atoms with Gasteiger partial charge in [0.05, 0.1) is 24.3 Å². The smallest absolute Gasteiger partial charge is 0.0604 e. The molecule has 0 aromatic carbocycles. The Bertz CT molecular complexity index is 436. The highest BCUT2D eigenvalue weighted by atomic mass is 16.5. The maximum absolute atomic E-state index is 5.45. The lowest BCUT2D eigenvalue weighted by molar-refractivity contribution is -0.0671. The van der Waals surface area contributed by atoms with Crippen LogP contribution >= 0.6 is 0 Å². The molecule has 0 N–H and O–H groups in total. The third-order valence-corrected chi connectivity index (χ3v) is 4.53. The molecule has 2 heteroatoms. The number of ether oxygens (including phenoxy) is 1. The average molecular weight is 217 g/mol. The van der Waals surface area contributed by atoms with Gasteiger partial charge in [-0.15, -0.1) is 0 Å². The predicted molar refractivity (Wildman–Crippen MR) is 63.7 cm³/mol. The third kappa shape index (κ3) is 1.08. The monoisotopic (exact) mass is 217 g/mol. The molecular weight excluding hydrogens is 198 g/mol. The Morgan fingerprint density at radius 3 is 2.75 bits per heavy atom. The van der Waals surface area contributed by atoms with E-state index in [0.717, 1.165) is 13.2 Å². The average Bonchev–Trinajstić information content (AvgIpc) is 2.51. The fourth-order valence-corrected chi connectivity index (χ4v) is 3.53. The number of aryl methyl sites for hydroxylation is 1. The van der Waals surface area contributed by atoms with E-state index in [1.165, 1.54) is 29.7 Å². The van der Waals surface area contributed by atoms with Crippen LogP contribution in [0.1, 0.15) is 43.5 Å². The van der Waals surface area contributed by atoms with Crippen molar-refractivity contribution in [1.29, 1.82) is 0 Å². The van der Waals surface area contributed by atoms with Gasteiger partial charge in [-0.3, -0.25) is 4.98 Å². The molecule has 1 spiro atoms. The Hall–Kier alpha value is -0.890. The van der Waals surface area contributed by atoms with Gasteiger partial charge in [-0.1, -0.05) is 13.8 Å². The lowest BCUT2D eigenvalue weighted by Crippen LogP contribution is -2.46. The first-order chi connectivity index (χ1) is 7.61. The van der Waals surface area contributed by atoms with Crippen LogP contribution < -0.4 is 0 Å². The maximum Gasteiger partial charge on any atom is 0.0604 e. The summed E-state index contributed by atoms with van der Waals surface area (Å²) in [5.74, 6) is 0. The molecule has 1 aromatic rings. The molecule has 0 bridgehead atoms. The SMILES string of the molecule is CCC1(C)CC2(COC2)c2nccc(C)c21. The van der Waals surface area contributed by atoms with Crippen molar-refractivity contribution in [2.75, 3.05) is 13.2 Å². The fraction of sp³-hybridized carbons (Fsp3) is 0.643. The van der Waals surface area contributed by atoms with Gasteiger partial charge in [-0.25, -0.2) is 0 Å². The standard InChI is InChI=1S/C14H19NO/c1-4-13(3)7-14(8-16-9-14)12-11(13)10(2)5-6-15-12/h5-6H,4,7-9H2,1-3H3. The van der Waals surface area contributed by atoms with Crippen LogP contribution in [-0.4, -0.2) is 18.2 Å². The van der Waals surface area contributed by atoms with E-state index in [1.54, 1.807) is 0 Å². The van der Waals surface area contributed by atoms with Crippen LogP contribution in [0.25, 0.3) is 0 Å². The topological polar surface area (TPSA) is 22.1 Å². The minimum Gasteiger partial charge on any atom is -0.379 e. The predicted octanol–water partition coefficient (Wildman–Crippen LogP) is 2.73. The van der Waals surface area contributed by atoms with Gasteiger partial charge in [0.2, 0.25) is 0 Å². The number of nitrogens with zero attached hydrogens (tertiary/aromatic N) is 1. The van der Waals surface area contributed by atoms with Gasteiger partial charge in [0.1, 0.15) is 0 Å². The first kappa shape index (κ1) is 10.3. The van der Waals surface area contributed by atoms with E-state index >= 15 is 0 Å². The van der Waals surface area contributed by atoms with E-state index in [2.05, 4.69) is 31.8 Å². The highest BCUT2D eigenvalue weighted by Crippen LogP contribution is 2.54. The Balaban J connectivity index is 2.22. The largest absolute Gasteiger partial charge is 0.379 e. The summed E-state index contributed by atoms with van der Waals surface area (Å²) >= 11 is 0. The molecule has 1 aliphatic carbocycles. The van der Waals surface area contributed by atoms with Crippen LogP contribution in [0.5, 0.6) is 0 Å². The second-order valence-electron chi connectivity index (χ2n) is 5.72. The van der Waals surface area contributed by atoms with Crippen molar-refractivity contribution in [1.82, 2.24) is 4.98 Å². The van der Waals surface area contributed by atoms with Crippen LogP contribution in [0.4, 0.5) is 0 Å². The van der Waals surface area contributed by atoms with Crippen LogP contribution in [0, 0.1) is 6.92 Å². The number of hydrogen-bond acceptors (Lipinski definition) is 2. The van der Waals surface area contributed by atoms with Gasteiger partial charge in [0, 0.05) is 6.20 Å². The van der Waals surface area contributed by atoms with Crippen molar-refractivity contribution in [3.63, 3.8) is 0 Å². The second-order valence-corrected chi connectivity index (χ2v) is 5.72. The van der Waals surface area contributed by atoms with Gasteiger partial charge in [-0.2, -0.15) is 0 Å². The lowest BCUT2D eigenvalue weighted by atomic mass is 9.75. The Labute approximate surface area is 97.0 Å². The summed E-state index contributed by atoms with van der Waals surface area (Å²) in [7, 11) is 0. The Kier molecular flexibility index (Phi) is 1.97. The van der Waals surface area contributed by atoms with Crippen molar-refractivity contribution < 1.29 is 4.74 Å². The van der Waals surface area contributed by atoms with E-state index in [-0.39, 0.29) is 5.41 Å².